The van der Waals surface area contributed by atoms with Crippen molar-refractivity contribution in [2.24, 2.45) is 0 Å². The molecular weight excluding hydrogens is 342 g/mol. The molecule has 0 unspecified atom stereocenters. The molecule has 0 spiro atoms. The molecule has 0 bridgehead atoms. The molecule has 138 valence electrons. The van der Waals surface area contributed by atoms with Crippen LogP contribution in [0.2, 0.25) is 0 Å². The summed E-state index contributed by atoms with van der Waals surface area (Å²) < 4.78 is 5.44. The molecule has 2 N–H and O–H groups in total. The molecule has 0 saturated carbocycles. The topological polar surface area (TPSA) is 36.5 Å². The van der Waals surface area contributed by atoms with E-state index in [0.29, 0.717) is 5.11 Å². The van der Waals surface area contributed by atoms with Crippen LogP contribution >= 0.6 is 12.2 Å². The zero-order valence-electron chi connectivity index (χ0n) is 15.3. The van der Waals surface area contributed by atoms with E-state index in [1.165, 1.54) is 16.7 Å². The van der Waals surface area contributed by atoms with Crippen molar-refractivity contribution in [2.45, 2.75) is 26.4 Å². The van der Waals surface area contributed by atoms with Crippen LogP contribution in [0.1, 0.15) is 23.6 Å². The molecule has 4 nitrogen and oxygen atoms in total. The number of nitrogens with one attached hydrogen (secondary N) is 2. The Morgan fingerprint density at radius 3 is 2.42 bits per heavy atom. The lowest BCUT2D eigenvalue weighted by molar-refractivity contribution is 0.0341. The third kappa shape index (κ3) is 5.53. The fourth-order valence-electron chi connectivity index (χ4n) is 3.06. The van der Waals surface area contributed by atoms with Gasteiger partial charge in [-0.2, -0.15) is 0 Å². The first-order valence-corrected chi connectivity index (χ1v) is 9.66. The van der Waals surface area contributed by atoms with E-state index in [2.05, 4.69) is 71.0 Å². The molecule has 1 aliphatic rings. The number of benzene rings is 2. The van der Waals surface area contributed by atoms with Crippen LogP contribution in [0.5, 0.6) is 0 Å². The van der Waals surface area contributed by atoms with E-state index >= 15 is 0 Å². The lowest BCUT2D eigenvalue weighted by Gasteiger charge is -2.27. The Morgan fingerprint density at radius 2 is 1.73 bits per heavy atom. The van der Waals surface area contributed by atoms with Crippen LogP contribution in [0.4, 0.5) is 5.69 Å². The highest BCUT2D eigenvalue weighted by Crippen LogP contribution is 2.14. The first-order chi connectivity index (χ1) is 12.7. The molecule has 1 fully saturated rings. The summed E-state index contributed by atoms with van der Waals surface area (Å²) in [6, 6.07) is 16.9. The number of morpholine rings is 1. The molecule has 1 heterocycles. The van der Waals surface area contributed by atoms with Crippen molar-refractivity contribution >= 4 is 23.0 Å². The van der Waals surface area contributed by atoms with E-state index in [-0.39, 0.29) is 0 Å². The number of ether oxygens (including phenoxy) is 1. The van der Waals surface area contributed by atoms with Gasteiger partial charge in [-0.15, -0.1) is 0 Å². The van der Waals surface area contributed by atoms with E-state index in [4.69, 9.17) is 17.0 Å². The monoisotopic (exact) mass is 369 g/mol. The molecule has 0 atom stereocenters. The Hall–Kier alpha value is -1.95. The Morgan fingerprint density at radius 1 is 1.04 bits per heavy atom. The van der Waals surface area contributed by atoms with Crippen LogP contribution in [-0.2, 0) is 24.2 Å². The standard InChI is InChI=1S/C21H27N3OS/c1-2-17-7-9-20(10-8-17)23-21(26)22-15-18-5-3-4-6-19(18)16-24-11-13-25-14-12-24/h3-10H,2,11-16H2,1H3,(H2,22,23,26). The third-order valence-corrected chi connectivity index (χ3v) is 4.92. The van der Waals surface area contributed by atoms with Crippen LogP contribution in [0.3, 0.4) is 0 Å². The summed E-state index contributed by atoms with van der Waals surface area (Å²) in [5.74, 6) is 0. The van der Waals surface area contributed by atoms with E-state index in [0.717, 1.165) is 51.5 Å². The van der Waals surface area contributed by atoms with Gasteiger partial charge in [-0.3, -0.25) is 4.90 Å². The SMILES string of the molecule is CCc1ccc(NC(=S)NCc2ccccc2CN2CCOCC2)cc1. The smallest absolute Gasteiger partial charge is 0.171 e. The van der Waals surface area contributed by atoms with Crippen LogP contribution in [-0.4, -0.2) is 36.3 Å². The van der Waals surface area contributed by atoms with Crippen molar-refractivity contribution in [1.29, 1.82) is 0 Å². The molecule has 2 aromatic carbocycles. The number of anilines is 1. The number of rotatable bonds is 6. The molecule has 1 saturated heterocycles. The van der Waals surface area contributed by atoms with E-state index in [1.54, 1.807) is 0 Å². The van der Waals surface area contributed by atoms with Crippen LogP contribution in [0.15, 0.2) is 48.5 Å². The van der Waals surface area contributed by atoms with E-state index in [1.807, 2.05) is 0 Å². The fourth-order valence-corrected chi connectivity index (χ4v) is 3.25. The summed E-state index contributed by atoms with van der Waals surface area (Å²) in [4.78, 5) is 2.44. The Balaban J connectivity index is 1.54. The predicted octanol–water partition coefficient (Wildman–Crippen LogP) is 3.57. The highest BCUT2D eigenvalue weighted by Gasteiger charge is 2.12. The summed E-state index contributed by atoms with van der Waals surface area (Å²) in [7, 11) is 0. The average molecular weight is 370 g/mol. The molecule has 0 amide bonds. The van der Waals surface area contributed by atoms with Gasteiger partial charge in [0.2, 0.25) is 0 Å². The molecular formula is C21H27N3OS. The first kappa shape index (κ1) is 18.8. The Bertz CT molecular complexity index is 711. The molecule has 0 aliphatic carbocycles. The van der Waals surface area contributed by atoms with Gasteiger partial charge in [0.05, 0.1) is 13.2 Å². The van der Waals surface area contributed by atoms with Gasteiger partial charge in [0.25, 0.3) is 0 Å². The summed E-state index contributed by atoms with van der Waals surface area (Å²) >= 11 is 5.45. The molecule has 3 rings (SSSR count). The second-order valence-corrected chi connectivity index (χ2v) is 6.92. The van der Waals surface area contributed by atoms with Gasteiger partial charge in [-0.1, -0.05) is 43.3 Å². The quantitative estimate of drug-likeness (QED) is 0.762. The van der Waals surface area contributed by atoms with Gasteiger partial charge in [0, 0.05) is 31.9 Å². The second kappa shape index (κ2) is 9.67. The molecule has 1 aliphatic heterocycles. The zero-order valence-corrected chi connectivity index (χ0v) is 16.1. The summed E-state index contributed by atoms with van der Waals surface area (Å²) in [6.45, 7) is 7.48. The van der Waals surface area contributed by atoms with Crippen molar-refractivity contribution in [2.75, 3.05) is 31.6 Å². The number of aryl methyl sites for hydroxylation is 1. The highest BCUT2D eigenvalue weighted by molar-refractivity contribution is 7.80. The zero-order chi connectivity index (χ0) is 18.2. The number of hydrogen-bond acceptors (Lipinski definition) is 3. The molecule has 0 radical (unpaired) electrons. The Labute approximate surface area is 161 Å². The van der Waals surface area contributed by atoms with Crippen molar-refractivity contribution in [3.05, 3.63) is 65.2 Å². The molecule has 26 heavy (non-hydrogen) atoms. The normalized spacial score (nSPS) is 14.8. The van der Waals surface area contributed by atoms with Gasteiger partial charge < -0.3 is 15.4 Å². The van der Waals surface area contributed by atoms with E-state index in [9.17, 15) is 0 Å². The van der Waals surface area contributed by atoms with Crippen LogP contribution in [0, 0.1) is 0 Å². The maximum atomic E-state index is 5.45. The second-order valence-electron chi connectivity index (χ2n) is 6.52. The summed E-state index contributed by atoms with van der Waals surface area (Å²) in [5, 5.41) is 7.24. The lowest BCUT2D eigenvalue weighted by atomic mass is 10.1. The first-order valence-electron chi connectivity index (χ1n) is 9.25. The lowest BCUT2D eigenvalue weighted by Crippen LogP contribution is -2.36. The van der Waals surface area contributed by atoms with Crippen molar-refractivity contribution in [3.63, 3.8) is 0 Å². The van der Waals surface area contributed by atoms with Gasteiger partial charge in [-0.25, -0.2) is 0 Å². The molecule has 5 heteroatoms. The van der Waals surface area contributed by atoms with Crippen molar-refractivity contribution < 1.29 is 4.74 Å². The number of nitrogens with zero attached hydrogens (tertiary/aromatic N) is 1. The van der Waals surface area contributed by atoms with Crippen molar-refractivity contribution in [1.82, 2.24) is 10.2 Å². The minimum Gasteiger partial charge on any atom is -0.379 e. The average Bonchev–Trinajstić information content (AvgIpc) is 2.69. The minimum absolute atomic E-state index is 0.649. The third-order valence-electron chi connectivity index (χ3n) is 4.68. The van der Waals surface area contributed by atoms with Gasteiger partial charge in [0.1, 0.15) is 0 Å². The fraction of sp³-hybridized carbons (Fsp3) is 0.381. The van der Waals surface area contributed by atoms with Crippen LogP contribution in [0.25, 0.3) is 0 Å². The maximum Gasteiger partial charge on any atom is 0.171 e. The number of hydrogen-bond donors (Lipinski definition) is 2. The Kier molecular flexibility index (Phi) is 7.00. The highest BCUT2D eigenvalue weighted by atomic mass is 32.1. The predicted molar refractivity (Wildman–Crippen MR) is 111 cm³/mol. The molecule has 2 aromatic rings. The van der Waals surface area contributed by atoms with Gasteiger partial charge in [0.15, 0.2) is 5.11 Å². The van der Waals surface area contributed by atoms with Crippen LogP contribution < -0.4 is 10.6 Å². The molecule has 0 aromatic heterocycles. The summed E-state index contributed by atoms with van der Waals surface area (Å²) in [5.41, 5.74) is 4.97. The van der Waals surface area contributed by atoms with E-state index < -0.39 is 0 Å². The van der Waals surface area contributed by atoms with Gasteiger partial charge >= 0.3 is 0 Å². The van der Waals surface area contributed by atoms with Gasteiger partial charge in [-0.05, 0) is 47.5 Å². The van der Waals surface area contributed by atoms with Crippen molar-refractivity contribution in [3.8, 4) is 0 Å². The summed E-state index contributed by atoms with van der Waals surface area (Å²) in [6.07, 6.45) is 1.04. The largest absolute Gasteiger partial charge is 0.379 e. The maximum absolute atomic E-state index is 5.45. The minimum atomic E-state index is 0.649. The number of thiocarbonyl (C=S) groups is 1.